The van der Waals surface area contributed by atoms with E-state index < -0.39 is 0 Å². The largest absolute Gasteiger partial charge is 0.487 e. The van der Waals surface area contributed by atoms with E-state index in [0.29, 0.717) is 39.1 Å². The van der Waals surface area contributed by atoms with Gasteiger partial charge in [0, 0.05) is 25.7 Å². The maximum atomic E-state index is 12.7. The number of aromatic nitrogens is 1. The molecule has 162 valence electrons. The monoisotopic (exact) mass is 421 g/mol. The van der Waals surface area contributed by atoms with Gasteiger partial charge in [-0.1, -0.05) is 12.1 Å². The number of rotatable bonds is 4. The van der Waals surface area contributed by atoms with E-state index in [1.807, 2.05) is 29.2 Å². The molecule has 7 nitrogen and oxygen atoms in total. The number of fused-ring (bicyclic) bond motifs is 2. The van der Waals surface area contributed by atoms with Crippen molar-refractivity contribution in [3.8, 4) is 5.75 Å². The van der Waals surface area contributed by atoms with Gasteiger partial charge in [0.25, 0.3) is 0 Å². The summed E-state index contributed by atoms with van der Waals surface area (Å²) in [6, 6.07) is 11.7. The molecule has 4 heterocycles. The van der Waals surface area contributed by atoms with Crippen molar-refractivity contribution in [2.24, 2.45) is 0 Å². The minimum atomic E-state index is -0.361. The fourth-order valence-corrected chi connectivity index (χ4v) is 4.91. The summed E-state index contributed by atoms with van der Waals surface area (Å²) in [5, 5.41) is 2.79. The number of likely N-dealkylation sites (tertiary alicyclic amines) is 1. The van der Waals surface area contributed by atoms with Crippen molar-refractivity contribution in [3.63, 3.8) is 0 Å². The summed E-state index contributed by atoms with van der Waals surface area (Å²) >= 11 is 0. The molecule has 3 aliphatic heterocycles. The molecular formula is C24H27N3O4. The summed E-state index contributed by atoms with van der Waals surface area (Å²) in [6.45, 7) is 2.39. The second-order valence-electron chi connectivity index (χ2n) is 8.51. The van der Waals surface area contributed by atoms with Crippen LogP contribution in [0.2, 0.25) is 0 Å². The molecular weight excluding hydrogens is 394 g/mol. The molecule has 1 atom stereocenters. The summed E-state index contributed by atoms with van der Waals surface area (Å²) in [6.07, 6.45) is 5.19. The van der Waals surface area contributed by atoms with Gasteiger partial charge in [0.1, 0.15) is 18.4 Å². The van der Waals surface area contributed by atoms with Crippen LogP contribution in [0.5, 0.6) is 5.75 Å². The van der Waals surface area contributed by atoms with Crippen LogP contribution in [-0.4, -0.2) is 47.4 Å². The molecule has 0 saturated carbocycles. The molecule has 2 saturated heterocycles. The zero-order chi connectivity index (χ0) is 21.3. The van der Waals surface area contributed by atoms with Gasteiger partial charge < -0.3 is 19.7 Å². The highest BCUT2D eigenvalue weighted by Crippen LogP contribution is 2.42. The molecule has 7 heteroatoms. The van der Waals surface area contributed by atoms with Gasteiger partial charge in [-0.15, -0.1) is 0 Å². The Kier molecular flexibility index (Phi) is 5.36. The number of carbonyl (C=O) groups excluding carboxylic acids is 2. The molecule has 0 aliphatic carbocycles. The first kappa shape index (κ1) is 20.0. The van der Waals surface area contributed by atoms with E-state index in [1.165, 1.54) is 11.1 Å². The number of amides is 2. The number of piperidine rings is 1. The number of carbonyl (C=O) groups is 2. The zero-order valence-corrected chi connectivity index (χ0v) is 17.5. The SMILES string of the molecule is O=C1CCC(C(=O)N2CCC3(CC2)OCCc2cc(OCc4ccccn4)ccc23)N1. The van der Waals surface area contributed by atoms with E-state index in [9.17, 15) is 9.59 Å². The minimum Gasteiger partial charge on any atom is -0.487 e. The number of nitrogens with zero attached hydrogens (tertiary/aromatic N) is 2. The third-order valence-electron chi connectivity index (χ3n) is 6.61. The normalized spacial score (nSPS) is 22.1. The smallest absolute Gasteiger partial charge is 0.245 e. The number of hydrogen-bond acceptors (Lipinski definition) is 5. The Morgan fingerprint density at radius 2 is 2.10 bits per heavy atom. The van der Waals surface area contributed by atoms with Crippen LogP contribution >= 0.6 is 0 Å². The Morgan fingerprint density at radius 3 is 2.84 bits per heavy atom. The van der Waals surface area contributed by atoms with Gasteiger partial charge in [-0.3, -0.25) is 14.6 Å². The maximum absolute atomic E-state index is 12.7. The minimum absolute atomic E-state index is 0.0301. The number of benzene rings is 1. The van der Waals surface area contributed by atoms with Crippen LogP contribution in [-0.2, 0) is 33.0 Å². The quantitative estimate of drug-likeness (QED) is 0.820. The van der Waals surface area contributed by atoms with Gasteiger partial charge in [0.15, 0.2) is 0 Å². The Morgan fingerprint density at radius 1 is 1.23 bits per heavy atom. The summed E-state index contributed by atoms with van der Waals surface area (Å²) in [5.74, 6) is 0.846. The topological polar surface area (TPSA) is 80.8 Å². The predicted molar refractivity (Wildman–Crippen MR) is 113 cm³/mol. The lowest BCUT2D eigenvalue weighted by atomic mass is 9.79. The van der Waals surface area contributed by atoms with Crippen molar-refractivity contribution in [2.45, 2.75) is 50.4 Å². The average Bonchev–Trinajstić information content (AvgIpc) is 3.25. The Labute approximate surface area is 181 Å². The molecule has 2 fully saturated rings. The van der Waals surface area contributed by atoms with E-state index in [-0.39, 0.29) is 23.5 Å². The van der Waals surface area contributed by atoms with E-state index >= 15 is 0 Å². The number of pyridine rings is 1. The van der Waals surface area contributed by atoms with Crippen LogP contribution in [0.15, 0.2) is 42.6 Å². The number of nitrogens with one attached hydrogen (secondary N) is 1. The molecule has 1 aromatic heterocycles. The first-order valence-corrected chi connectivity index (χ1v) is 11.0. The third-order valence-corrected chi connectivity index (χ3v) is 6.61. The van der Waals surface area contributed by atoms with Gasteiger partial charge >= 0.3 is 0 Å². The maximum Gasteiger partial charge on any atom is 0.245 e. The van der Waals surface area contributed by atoms with Gasteiger partial charge in [-0.25, -0.2) is 0 Å². The van der Waals surface area contributed by atoms with Crippen LogP contribution < -0.4 is 10.1 Å². The van der Waals surface area contributed by atoms with Crippen molar-refractivity contribution in [1.82, 2.24) is 15.2 Å². The second-order valence-corrected chi connectivity index (χ2v) is 8.51. The van der Waals surface area contributed by atoms with Crippen molar-refractivity contribution in [3.05, 3.63) is 59.4 Å². The highest BCUT2D eigenvalue weighted by molar-refractivity contribution is 5.90. The highest BCUT2D eigenvalue weighted by Gasteiger charge is 2.43. The Hall–Kier alpha value is -2.93. The first-order valence-electron chi connectivity index (χ1n) is 11.0. The molecule has 2 aromatic rings. The lowest BCUT2D eigenvalue weighted by Crippen LogP contribution is -2.52. The molecule has 1 unspecified atom stereocenters. The second kappa shape index (κ2) is 8.30. The molecule has 5 rings (SSSR count). The van der Waals surface area contributed by atoms with Crippen molar-refractivity contribution in [1.29, 1.82) is 0 Å². The molecule has 3 aliphatic rings. The number of hydrogen-bond donors (Lipinski definition) is 1. The van der Waals surface area contributed by atoms with Crippen LogP contribution in [0.1, 0.15) is 42.5 Å². The van der Waals surface area contributed by atoms with Crippen LogP contribution in [0.4, 0.5) is 0 Å². The Balaban J connectivity index is 1.26. The van der Waals surface area contributed by atoms with E-state index in [4.69, 9.17) is 9.47 Å². The van der Waals surface area contributed by atoms with Crippen molar-refractivity contribution in [2.75, 3.05) is 19.7 Å². The van der Waals surface area contributed by atoms with Gasteiger partial charge in [0.05, 0.1) is 17.9 Å². The molecule has 1 spiro atoms. The summed E-state index contributed by atoms with van der Waals surface area (Å²) in [5.41, 5.74) is 3.02. The summed E-state index contributed by atoms with van der Waals surface area (Å²) in [7, 11) is 0. The van der Waals surface area contributed by atoms with E-state index in [0.717, 1.165) is 30.7 Å². The molecule has 0 bridgehead atoms. The molecule has 1 aromatic carbocycles. The van der Waals surface area contributed by atoms with Crippen LogP contribution in [0.25, 0.3) is 0 Å². The van der Waals surface area contributed by atoms with E-state index in [1.54, 1.807) is 6.20 Å². The zero-order valence-electron chi connectivity index (χ0n) is 17.5. The molecule has 31 heavy (non-hydrogen) atoms. The lowest BCUT2D eigenvalue weighted by molar-refractivity contribution is -0.143. The highest BCUT2D eigenvalue weighted by atomic mass is 16.5. The summed E-state index contributed by atoms with van der Waals surface area (Å²) in [4.78, 5) is 30.4. The fourth-order valence-electron chi connectivity index (χ4n) is 4.91. The molecule has 2 amide bonds. The predicted octanol–water partition coefficient (Wildman–Crippen LogP) is 2.33. The van der Waals surface area contributed by atoms with Crippen molar-refractivity contribution >= 4 is 11.8 Å². The van der Waals surface area contributed by atoms with E-state index in [2.05, 4.69) is 22.4 Å². The average molecular weight is 421 g/mol. The van der Waals surface area contributed by atoms with Crippen LogP contribution in [0.3, 0.4) is 0 Å². The molecule has 1 N–H and O–H groups in total. The standard InChI is InChI=1S/C24H27N3O4/c28-22-7-6-21(26-22)23(29)27-12-9-24(10-13-27)20-5-4-19(15-17(20)8-14-31-24)30-16-18-3-1-2-11-25-18/h1-5,11,15,21H,6-10,12-14,16H2,(H,26,28). The lowest BCUT2D eigenvalue weighted by Gasteiger charge is -2.45. The number of ether oxygens (including phenoxy) is 2. The fraction of sp³-hybridized carbons (Fsp3) is 0.458. The van der Waals surface area contributed by atoms with Gasteiger partial charge in [0.2, 0.25) is 11.8 Å². The van der Waals surface area contributed by atoms with Crippen molar-refractivity contribution < 1.29 is 19.1 Å². The van der Waals surface area contributed by atoms with Gasteiger partial charge in [-0.05, 0) is 61.1 Å². The van der Waals surface area contributed by atoms with Crippen LogP contribution in [0, 0.1) is 0 Å². The third kappa shape index (κ3) is 4.02. The summed E-state index contributed by atoms with van der Waals surface area (Å²) < 4.78 is 12.3. The molecule has 0 radical (unpaired) electrons. The first-order chi connectivity index (χ1) is 15.1. The van der Waals surface area contributed by atoms with Gasteiger partial charge in [-0.2, -0.15) is 0 Å². The Bertz CT molecular complexity index is 970.